The lowest BCUT2D eigenvalue weighted by Gasteiger charge is -2.25. The molecule has 0 saturated carbocycles. The number of amides is 1. The Labute approximate surface area is 102 Å². The van der Waals surface area contributed by atoms with Crippen LogP contribution in [0.25, 0.3) is 0 Å². The molecule has 0 aromatic carbocycles. The third-order valence-corrected chi connectivity index (χ3v) is 2.72. The average Bonchev–Trinajstić information content (AvgIpc) is 2.61. The molecule has 1 rings (SSSR count). The molecule has 0 radical (unpaired) electrons. The van der Waals surface area contributed by atoms with Gasteiger partial charge in [-0.1, -0.05) is 0 Å². The summed E-state index contributed by atoms with van der Waals surface area (Å²) in [5, 5.41) is 11.9. The maximum atomic E-state index is 14.0. The smallest absolute Gasteiger partial charge is 0.261 e. The van der Waals surface area contributed by atoms with Gasteiger partial charge in [-0.25, -0.2) is 4.39 Å². The van der Waals surface area contributed by atoms with Crippen LogP contribution in [0.15, 0.2) is 0 Å². The minimum absolute atomic E-state index is 0. The molecule has 4 nitrogen and oxygen atoms in total. The molecule has 2 N–H and O–H groups in total. The van der Waals surface area contributed by atoms with Crippen molar-refractivity contribution >= 4 is 18.3 Å². The van der Waals surface area contributed by atoms with E-state index in [1.165, 1.54) is 4.90 Å². The Balaban J connectivity index is 0.00000225. The number of halogens is 2. The van der Waals surface area contributed by atoms with Gasteiger partial charge in [-0.05, 0) is 19.9 Å². The van der Waals surface area contributed by atoms with Gasteiger partial charge in [0.1, 0.15) is 0 Å². The minimum atomic E-state index is -1.74. The first-order chi connectivity index (χ1) is 6.96. The predicted molar refractivity (Wildman–Crippen MR) is 62.5 cm³/mol. The third kappa shape index (κ3) is 3.88. The fraction of sp³-hybridized carbons (Fsp3) is 0.900. The molecule has 1 heterocycles. The second-order valence-corrected chi connectivity index (χ2v) is 4.26. The number of nitrogens with zero attached hydrogens (tertiary/aromatic N) is 1. The highest BCUT2D eigenvalue weighted by Crippen LogP contribution is 2.22. The molecule has 1 aliphatic heterocycles. The SMILES string of the molecule is CC(O)CCN(C)C(=O)C1(F)CCNC1.Cl. The first kappa shape index (κ1) is 15.6. The second kappa shape index (κ2) is 6.37. The number of carbonyl (C=O) groups excluding carboxylic acids is 1. The highest BCUT2D eigenvalue weighted by molar-refractivity contribution is 5.85. The number of hydrogen-bond acceptors (Lipinski definition) is 3. The predicted octanol–water partition coefficient (Wildman–Crippen LogP) is 0.339. The van der Waals surface area contributed by atoms with Crippen molar-refractivity contribution in [2.24, 2.45) is 0 Å². The van der Waals surface area contributed by atoms with Gasteiger partial charge in [0.15, 0.2) is 0 Å². The number of nitrogens with one attached hydrogen (secondary N) is 1. The first-order valence-corrected chi connectivity index (χ1v) is 5.29. The average molecular weight is 255 g/mol. The normalized spacial score (nSPS) is 26.0. The summed E-state index contributed by atoms with van der Waals surface area (Å²) < 4.78 is 14.0. The monoisotopic (exact) mass is 254 g/mol. The van der Waals surface area contributed by atoms with Crippen LogP contribution in [0, 0.1) is 0 Å². The summed E-state index contributed by atoms with van der Waals surface area (Å²) in [6.07, 6.45) is 0.258. The Morgan fingerprint density at radius 1 is 1.69 bits per heavy atom. The molecule has 1 saturated heterocycles. The van der Waals surface area contributed by atoms with Crippen molar-refractivity contribution < 1.29 is 14.3 Å². The number of aliphatic hydroxyl groups excluding tert-OH is 1. The second-order valence-electron chi connectivity index (χ2n) is 4.26. The van der Waals surface area contributed by atoms with Crippen molar-refractivity contribution in [3.8, 4) is 0 Å². The van der Waals surface area contributed by atoms with Gasteiger partial charge in [0.05, 0.1) is 6.10 Å². The van der Waals surface area contributed by atoms with E-state index >= 15 is 0 Å². The van der Waals surface area contributed by atoms with Crippen molar-refractivity contribution in [2.75, 3.05) is 26.7 Å². The summed E-state index contributed by atoms with van der Waals surface area (Å²) in [6, 6.07) is 0. The Bertz CT molecular complexity index is 233. The molecule has 0 bridgehead atoms. The topological polar surface area (TPSA) is 52.6 Å². The van der Waals surface area contributed by atoms with Crippen LogP contribution in [0.1, 0.15) is 19.8 Å². The molecule has 0 aromatic rings. The molecular formula is C10H20ClFN2O2. The molecule has 1 fully saturated rings. The highest BCUT2D eigenvalue weighted by atomic mass is 35.5. The van der Waals surface area contributed by atoms with Gasteiger partial charge >= 0.3 is 0 Å². The van der Waals surface area contributed by atoms with E-state index in [0.29, 0.717) is 19.5 Å². The molecule has 0 aromatic heterocycles. The number of hydrogen-bond donors (Lipinski definition) is 2. The molecule has 6 heteroatoms. The first-order valence-electron chi connectivity index (χ1n) is 5.29. The summed E-state index contributed by atoms with van der Waals surface area (Å²) in [7, 11) is 1.57. The van der Waals surface area contributed by atoms with E-state index in [9.17, 15) is 9.18 Å². The maximum absolute atomic E-state index is 14.0. The highest BCUT2D eigenvalue weighted by Gasteiger charge is 2.43. The lowest BCUT2D eigenvalue weighted by molar-refractivity contribution is -0.141. The fourth-order valence-corrected chi connectivity index (χ4v) is 1.67. The van der Waals surface area contributed by atoms with E-state index in [1.54, 1.807) is 14.0 Å². The van der Waals surface area contributed by atoms with Gasteiger partial charge in [-0.15, -0.1) is 12.4 Å². The van der Waals surface area contributed by atoms with E-state index in [-0.39, 0.29) is 25.4 Å². The van der Waals surface area contributed by atoms with E-state index in [1.807, 2.05) is 0 Å². The molecule has 0 spiro atoms. The maximum Gasteiger partial charge on any atom is 0.261 e. The molecule has 1 aliphatic rings. The van der Waals surface area contributed by atoms with E-state index < -0.39 is 17.7 Å². The van der Waals surface area contributed by atoms with E-state index in [2.05, 4.69) is 5.32 Å². The van der Waals surface area contributed by atoms with Gasteiger partial charge in [-0.3, -0.25) is 4.79 Å². The van der Waals surface area contributed by atoms with Crippen LogP contribution in [0.3, 0.4) is 0 Å². The molecular weight excluding hydrogens is 235 g/mol. The lowest BCUT2D eigenvalue weighted by atomic mass is 10.0. The van der Waals surface area contributed by atoms with Crippen LogP contribution >= 0.6 is 12.4 Å². The number of carbonyl (C=O) groups is 1. The van der Waals surface area contributed by atoms with Crippen LogP contribution in [-0.4, -0.2) is 54.4 Å². The Kier molecular flexibility index (Phi) is 6.22. The molecule has 2 atom stereocenters. The summed E-state index contributed by atoms with van der Waals surface area (Å²) in [5.41, 5.74) is -1.74. The number of rotatable bonds is 4. The number of alkyl halides is 1. The summed E-state index contributed by atoms with van der Waals surface area (Å²) in [4.78, 5) is 13.1. The largest absolute Gasteiger partial charge is 0.393 e. The van der Waals surface area contributed by atoms with Crippen LogP contribution in [0.2, 0.25) is 0 Å². The minimum Gasteiger partial charge on any atom is -0.393 e. The zero-order chi connectivity index (χ0) is 11.5. The van der Waals surface area contributed by atoms with Crippen LogP contribution < -0.4 is 5.32 Å². The molecule has 96 valence electrons. The molecule has 2 unspecified atom stereocenters. The standard InChI is InChI=1S/C10H19FN2O2.ClH/c1-8(14)3-6-13(2)9(15)10(11)4-5-12-7-10;/h8,12,14H,3-7H2,1-2H3;1H. The van der Waals surface area contributed by atoms with Crippen LogP contribution in [0.5, 0.6) is 0 Å². The van der Waals surface area contributed by atoms with Crippen molar-refractivity contribution in [3.63, 3.8) is 0 Å². The summed E-state index contributed by atoms with van der Waals surface area (Å²) in [6.45, 7) is 2.69. The van der Waals surface area contributed by atoms with Crippen molar-refractivity contribution in [2.45, 2.75) is 31.5 Å². The summed E-state index contributed by atoms with van der Waals surface area (Å²) in [5.74, 6) is -0.479. The zero-order valence-electron chi connectivity index (χ0n) is 9.70. The lowest BCUT2D eigenvalue weighted by Crippen LogP contribution is -2.46. The molecule has 16 heavy (non-hydrogen) atoms. The van der Waals surface area contributed by atoms with Crippen LogP contribution in [0.4, 0.5) is 4.39 Å². The van der Waals surface area contributed by atoms with Gasteiger partial charge in [0, 0.05) is 26.6 Å². The Morgan fingerprint density at radius 3 is 2.75 bits per heavy atom. The van der Waals surface area contributed by atoms with Gasteiger partial charge in [-0.2, -0.15) is 0 Å². The van der Waals surface area contributed by atoms with Crippen molar-refractivity contribution in [1.82, 2.24) is 10.2 Å². The quantitative estimate of drug-likeness (QED) is 0.761. The van der Waals surface area contributed by atoms with Crippen LogP contribution in [-0.2, 0) is 4.79 Å². The molecule has 0 aliphatic carbocycles. The molecule has 1 amide bonds. The third-order valence-electron chi connectivity index (χ3n) is 2.72. The van der Waals surface area contributed by atoms with E-state index in [0.717, 1.165) is 0 Å². The Morgan fingerprint density at radius 2 is 2.31 bits per heavy atom. The van der Waals surface area contributed by atoms with Gasteiger partial charge in [0.25, 0.3) is 5.91 Å². The Hall–Kier alpha value is -0.390. The summed E-state index contributed by atoms with van der Waals surface area (Å²) >= 11 is 0. The fourth-order valence-electron chi connectivity index (χ4n) is 1.67. The van der Waals surface area contributed by atoms with Gasteiger partial charge in [0.2, 0.25) is 5.67 Å². The van der Waals surface area contributed by atoms with E-state index in [4.69, 9.17) is 5.11 Å². The zero-order valence-corrected chi connectivity index (χ0v) is 10.5. The van der Waals surface area contributed by atoms with Crippen molar-refractivity contribution in [3.05, 3.63) is 0 Å². The number of aliphatic hydroxyl groups is 1. The van der Waals surface area contributed by atoms with Gasteiger partial charge < -0.3 is 15.3 Å². The van der Waals surface area contributed by atoms with Crippen molar-refractivity contribution in [1.29, 1.82) is 0 Å².